The summed E-state index contributed by atoms with van der Waals surface area (Å²) in [5.74, 6) is 0.0112. The second kappa shape index (κ2) is 10.5. The smallest absolute Gasteiger partial charge is 0.249 e. The number of hydrogen-bond acceptors (Lipinski definition) is 5. The van der Waals surface area contributed by atoms with E-state index in [9.17, 15) is 9.59 Å². The molecule has 2 heterocycles. The Hall–Kier alpha value is -4.72. The number of para-hydroxylation sites is 1. The number of nitrogens with one attached hydrogen (secondary N) is 1. The first-order valence-corrected chi connectivity index (χ1v) is 12.0. The summed E-state index contributed by atoms with van der Waals surface area (Å²) in [6.07, 6.45) is 1.56. The van der Waals surface area contributed by atoms with Crippen LogP contribution in [0.4, 0.5) is 5.69 Å². The molecule has 5 aromatic rings. The van der Waals surface area contributed by atoms with E-state index in [2.05, 4.69) is 15.6 Å². The molecule has 2 aromatic heterocycles. The van der Waals surface area contributed by atoms with E-state index in [0.29, 0.717) is 22.5 Å². The van der Waals surface area contributed by atoms with E-state index in [-0.39, 0.29) is 24.9 Å². The number of fused-ring (bicyclic) bond motifs is 1. The van der Waals surface area contributed by atoms with Crippen LogP contribution in [0.15, 0.2) is 95.6 Å². The number of anilines is 1. The van der Waals surface area contributed by atoms with Crippen LogP contribution in [0.2, 0.25) is 0 Å². The minimum absolute atomic E-state index is 0.0811. The Morgan fingerprint density at radius 3 is 2.51 bits per heavy atom. The van der Waals surface area contributed by atoms with Crippen molar-refractivity contribution in [1.29, 1.82) is 0 Å². The summed E-state index contributed by atoms with van der Waals surface area (Å²) in [5.41, 5.74) is 4.79. The van der Waals surface area contributed by atoms with Gasteiger partial charge in [0, 0.05) is 5.69 Å². The lowest BCUT2D eigenvalue weighted by Crippen LogP contribution is -2.45. The average Bonchev–Trinajstić information content (AvgIpc) is 3.57. The van der Waals surface area contributed by atoms with Crippen molar-refractivity contribution in [3.05, 3.63) is 114 Å². The molecule has 0 aliphatic rings. The van der Waals surface area contributed by atoms with Gasteiger partial charge in [0.15, 0.2) is 0 Å². The van der Waals surface area contributed by atoms with Crippen LogP contribution < -0.4 is 10.2 Å². The number of aryl methyl sites for hydroxylation is 2. The lowest BCUT2D eigenvalue weighted by Gasteiger charge is -2.32. The summed E-state index contributed by atoms with van der Waals surface area (Å²) >= 11 is 0. The van der Waals surface area contributed by atoms with Crippen LogP contribution >= 0.6 is 0 Å². The maximum Gasteiger partial charge on any atom is 0.249 e. The Morgan fingerprint density at radius 1 is 0.946 bits per heavy atom. The molecule has 5 rings (SSSR count). The Bertz CT molecular complexity index is 1520. The molecule has 0 aliphatic heterocycles. The molecule has 3 aromatic carbocycles. The number of furan rings is 1. The summed E-state index contributed by atoms with van der Waals surface area (Å²) in [6.45, 7) is 4.06. The first kappa shape index (κ1) is 24.0. The van der Waals surface area contributed by atoms with Gasteiger partial charge >= 0.3 is 0 Å². The van der Waals surface area contributed by atoms with Gasteiger partial charge in [0.05, 0.1) is 18.3 Å². The van der Waals surface area contributed by atoms with Gasteiger partial charge in [-0.1, -0.05) is 59.3 Å². The average molecular weight is 494 g/mol. The molecule has 0 radical (unpaired) electrons. The van der Waals surface area contributed by atoms with Crippen LogP contribution in [0.5, 0.6) is 0 Å². The van der Waals surface area contributed by atoms with Gasteiger partial charge in [-0.3, -0.25) is 14.5 Å². The van der Waals surface area contributed by atoms with Crippen molar-refractivity contribution in [2.24, 2.45) is 0 Å². The molecule has 0 aliphatic carbocycles. The van der Waals surface area contributed by atoms with Gasteiger partial charge in [-0.2, -0.15) is 0 Å². The maximum atomic E-state index is 14.0. The third-order valence-corrected chi connectivity index (χ3v) is 6.17. The molecular weight excluding hydrogens is 466 g/mol. The van der Waals surface area contributed by atoms with Gasteiger partial charge in [0.2, 0.25) is 11.8 Å². The Kier molecular flexibility index (Phi) is 6.81. The minimum atomic E-state index is -0.917. The van der Waals surface area contributed by atoms with E-state index in [0.717, 1.165) is 16.6 Å². The minimum Gasteiger partial charge on any atom is -0.467 e. The van der Waals surface area contributed by atoms with Crippen LogP contribution in [-0.4, -0.2) is 26.8 Å². The summed E-state index contributed by atoms with van der Waals surface area (Å²) in [5, 5.41) is 11.3. The number of rotatable bonds is 8. The standard InChI is InChI=1S/C29H27N5O3/c1-20-12-14-22(15-13-20)28(29(36)30-18-24-9-6-16-37-24)34(23-8-5-7-21(2)17-23)27(35)19-33-26-11-4-3-10-25(26)31-32-33/h3-17,28H,18-19H2,1-2H3,(H,30,36)/t28-/m1/s1. The number of hydrogen-bond donors (Lipinski definition) is 1. The van der Waals surface area contributed by atoms with E-state index in [1.54, 1.807) is 28.0 Å². The number of carbonyl (C=O) groups excluding carboxylic acids is 2. The molecule has 0 bridgehead atoms. The summed E-state index contributed by atoms with van der Waals surface area (Å²) in [6, 6.07) is 25.3. The van der Waals surface area contributed by atoms with Gasteiger partial charge in [-0.25, -0.2) is 4.68 Å². The van der Waals surface area contributed by atoms with Crippen molar-refractivity contribution in [3.8, 4) is 0 Å². The van der Waals surface area contributed by atoms with Gasteiger partial charge < -0.3 is 9.73 Å². The van der Waals surface area contributed by atoms with Gasteiger partial charge in [0.1, 0.15) is 23.9 Å². The first-order valence-electron chi connectivity index (χ1n) is 12.0. The number of benzene rings is 3. The van der Waals surface area contributed by atoms with E-state index in [1.165, 1.54) is 0 Å². The fourth-order valence-electron chi connectivity index (χ4n) is 4.30. The zero-order chi connectivity index (χ0) is 25.8. The van der Waals surface area contributed by atoms with Gasteiger partial charge in [-0.05, 0) is 61.4 Å². The predicted octanol–water partition coefficient (Wildman–Crippen LogP) is 4.73. The summed E-state index contributed by atoms with van der Waals surface area (Å²) < 4.78 is 6.95. The lowest BCUT2D eigenvalue weighted by molar-refractivity contribution is -0.127. The van der Waals surface area contributed by atoms with Crippen molar-refractivity contribution in [1.82, 2.24) is 20.3 Å². The molecule has 0 saturated carbocycles. The normalized spacial score (nSPS) is 11.8. The summed E-state index contributed by atoms with van der Waals surface area (Å²) in [7, 11) is 0. The van der Waals surface area contributed by atoms with Gasteiger partial charge in [0.25, 0.3) is 0 Å². The molecule has 0 saturated heterocycles. The zero-order valence-electron chi connectivity index (χ0n) is 20.7. The van der Waals surface area contributed by atoms with E-state index in [4.69, 9.17) is 4.42 Å². The third-order valence-electron chi connectivity index (χ3n) is 6.17. The molecule has 0 unspecified atom stereocenters. The topological polar surface area (TPSA) is 93.3 Å². The molecule has 1 N–H and O–H groups in total. The van der Waals surface area contributed by atoms with Crippen LogP contribution in [0, 0.1) is 13.8 Å². The Labute approximate surface area is 214 Å². The largest absolute Gasteiger partial charge is 0.467 e. The molecule has 37 heavy (non-hydrogen) atoms. The fraction of sp³-hybridized carbons (Fsp3) is 0.172. The van der Waals surface area contributed by atoms with Crippen LogP contribution in [-0.2, 0) is 22.7 Å². The molecule has 186 valence electrons. The van der Waals surface area contributed by atoms with Crippen molar-refractivity contribution in [2.75, 3.05) is 4.90 Å². The quantitative estimate of drug-likeness (QED) is 0.337. The maximum absolute atomic E-state index is 14.0. The second-order valence-electron chi connectivity index (χ2n) is 8.95. The monoisotopic (exact) mass is 493 g/mol. The molecule has 2 amide bonds. The fourth-order valence-corrected chi connectivity index (χ4v) is 4.30. The molecular formula is C29H27N5O3. The zero-order valence-corrected chi connectivity index (χ0v) is 20.7. The second-order valence-corrected chi connectivity index (χ2v) is 8.95. The third kappa shape index (κ3) is 5.28. The van der Waals surface area contributed by atoms with Crippen molar-refractivity contribution in [3.63, 3.8) is 0 Å². The highest BCUT2D eigenvalue weighted by molar-refractivity contribution is 6.01. The molecule has 0 fully saturated rings. The van der Waals surface area contributed by atoms with Gasteiger partial charge in [-0.15, -0.1) is 5.10 Å². The highest BCUT2D eigenvalue weighted by Gasteiger charge is 2.33. The number of aromatic nitrogens is 3. The number of amides is 2. The van der Waals surface area contributed by atoms with Crippen molar-refractivity contribution in [2.45, 2.75) is 33.0 Å². The number of nitrogens with zero attached hydrogens (tertiary/aromatic N) is 4. The van der Waals surface area contributed by atoms with Crippen LogP contribution in [0.1, 0.15) is 28.5 Å². The molecule has 1 atom stereocenters. The lowest BCUT2D eigenvalue weighted by atomic mass is 10.0. The Balaban J connectivity index is 1.56. The SMILES string of the molecule is Cc1ccc([C@H](C(=O)NCc2ccco2)N(C(=O)Cn2nnc3ccccc32)c2cccc(C)c2)cc1. The van der Waals surface area contributed by atoms with Crippen LogP contribution in [0.3, 0.4) is 0 Å². The van der Waals surface area contributed by atoms with E-state index in [1.807, 2.05) is 86.6 Å². The Morgan fingerprint density at radius 2 is 1.76 bits per heavy atom. The van der Waals surface area contributed by atoms with Crippen molar-refractivity contribution >= 4 is 28.5 Å². The van der Waals surface area contributed by atoms with Crippen LogP contribution in [0.25, 0.3) is 11.0 Å². The van der Waals surface area contributed by atoms with E-state index >= 15 is 0 Å². The molecule has 0 spiro atoms. The molecule has 8 heteroatoms. The summed E-state index contributed by atoms with van der Waals surface area (Å²) in [4.78, 5) is 29.3. The van der Waals surface area contributed by atoms with Crippen molar-refractivity contribution < 1.29 is 14.0 Å². The first-order chi connectivity index (χ1) is 18.0. The molecule has 8 nitrogen and oxygen atoms in total. The predicted molar refractivity (Wildman–Crippen MR) is 141 cm³/mol. The highest BCUT2D eigenvalue weighted by atomic mass is 16.3. The highest BCUT2D eigenvalue weighted by Crippen LogP contribution is 2.30. The number of carbonyl (C=O) groups is 2. The van der Waals surface area contributed by atoms with E-state index < -0.39 is 6.04 Å².